The number of halogens is 1. The Morgan fingerprint density at radius 3 is 1.43 bits per heavy atom. The summed E-state index contributed by atoms with van der Waals surface area (Å²) in [5, 5.41) is 56.0. The molecule has 0 saturated carbocycles. The molecule has 9 heterocycles. The number of carbonyl (C=O) groups is 6. The number of hydrogen-bond acceptors (Lipinski definition) is 26. The van der Waals surface area contributed by atoms with Gasteiger partial charge in [0.2, 0.25) is 29.0 Å². The van der Waals surface area contributed by atoms with Crippen molar-refractivity contribution in [3.8, 4) is 17.6 Å². The topological polar surface area (TPSA) is 464 Å². The summed E-state index contributed by atoms with van der Waals surface area (Å²) in [7, 11) is 1.98. The highest BCUT2D eigenvalue weighted by atomic mass is 127. The molecule has 0 radical (unpaired) electrons. The Balaban J connectivity index is 0.000000172. The molecule has 32 nitrogen and oxygen atoms in total. The van der Waals surface area contributed by atoms with Crippen molar-refractivity contribution in [2.45, 2.75) is 33.1 Å². The van der Waals surface area contributed by atoms with E-state index in [9.17, 15) is 58.5 Å². The Kier molecular flexibility index (Phi) is 30.8. The third-order valence-electron chi connectivity index (χ3n) is 15.4. The number of nitrogens with zero attached hydrogens (tertiary/aromatic N) is 7. The molecule has 9 aromatic rings. The van der Waals surface area contributed by atoms with Crippen LogP contribution in [0.1, 0.15) is 49.0 Å². The second-order valence-corrected chi connectivity index (χ2v) is 27.4. The number of thiocarbonyl (C=S) groups is 3. The van der Waals surface area contributed by atoms with Crippen LogP contribution >= 0.6 is 95.9 Å². The number of H-pyrrole nitrogens is 6. The van der Waals surface area contributed by atoms with Gasteiger partial charge in [-0.05, 0) is 231 Å². The number of para-hydroxylation sites is 2. The molecule has 0 bridgehead atoms. The number of aliphatic imine (C=N–C) groups is 1. The van der Waals surface area contributed by atoms with Crippen molar-refractivity contribution in [3.05, 3.63) is 289 Å². The molecule has 3 fully saturated rings. The lowest BCUT2D eigenvalue weighted by Gasteiger charge is -2.27. The molecule has 4 aliphatic heterocycles. The fourth-order valence-electron chi connectivity index (χ4n) is 9.99. The van der Waals surface area contributed by atoms with Crippen molar-refractivity contribution in [3.63, 3.8) is 0 Å². The van der Waals surface area contributed by atoms with Crippen LogP contribution in [-0.2, 0) is 34.2 Å². The summed E-state index contributed by atoms with van der Waals surface area (Å²) in [6.45, 7) is 11.6. The average Bonchev–Trinajstić information content (AvgIpc) is 1.56. The number of rotatable bonds is 13. The minimum absolute atomic E-state index is 0.00130. The summed E-state index contributed by atoms with van der Waals surface area (Å²) in [6, 6.07) is 38.8. The summed E-state index contributed by atoms with van der Waals surface area (Å²) in [5.41, 5.74) is 4.62. The van der Waals surface area contributed by atoms with E-state index >= 15 is 0 Å². The van der Waals surface area contributed by atoms with E-state index in [-0.39, 0.29) is 81.1 Å². The van der Waals surface area contributed by atoms with Gasteiger partial charge in [-0.15, -0.1) is 16.8 Å². The van der Waals surface area contributed by atoms with Crippen LogP contribution in [0.5, 0.6) is 17.6 Å². The second-order valence-electron chi connectivity index (χ2n) is 23.8. The fourth-order valence-corrected chi connectivity index (χ4v) is 11.5. The number of likely N-dealkylation sites (N-methyl/N-ethyl adjacent to an activating group) is 1. The predicted molar refractivity (Wildman–Crippen MR) is 455 cm³/mol. The standard InChI is InChI=1S/C17H17N3O2S.C14H12N2O3S.C12H11N3O2S.C11H10N4O2S.C11H8N2O3S.C10H7IN4O2S/c1-17(2)11-6-4-5-7-12(11)20(3)13(17)9-8-10-14(21)18-16(23)19-15(10)22;1-2-8-16-13(18)11(12(17)15-14(16)20)7-3-5-10-6-4-9-19-10;1-7(13-8-5-3-2-4-6-8)9-10(16)14-12(18)15-11(9)17;1-6-2-4-7(5-3-6)14-15-8-9(16)12-11(18)13-10(8)17;14-9-8(10(15)13-11(17)12-9)5-1-3-7-4-2-6-16-7;11-5-1-3-6(4-2-5)14-15-7-8(16)12-10(18)13-9(7)17/h4-9H,1-3H3,(H2,18,19,21,22,23);2-7,9H,1,8H2,(H,15,17,20);2-6H,1H3,(H3,14,15,16,17,18);2-5H,1H3,(H3,12,13,16,17,18);1-6H,(H2,12,13,14,15,17);1-4H,(H3,12,13,16,17,18)/b13-9+;5-3+,11-7+;;;3-1+;. The summed E-state index contributed by atoms with van der Waals surface area (Å²) < 4.78 is 11.4. The molecule has 114 heavy (non-hydrogen) atoms. The molecule has 3 saturated heterocycles. The molecule has 14 N–H and O–H groups in total. The SMILES string of the molecule is C=CCN1C(=O)/C(=C/C=C/c2ccco2)C(=O)NC1=S.CC(=Nc1ccccc1)c1c(O)[nH]c(=S)[nH]c1=O.CN1/C(=C/C=C2C(=O)NC(=S)NC2=O)C(C)(C)c2ccccc21.Cc1ccc(N=Nc2c(O)[nH]c(=S)[nH]c2=O)cc1.O=C1NC(=S)NC(=O)C1=C/C=C/c1ccco1.O=c1[nH]c(=S)[nH]c(O)c1N=Nc1ccc(I)cc1. The molecule has 0 unspecified atom stereocenters. The number of carbonyl (C=O) groups excluding carboxylic acids is 6. The fraction of sp³-hybridized carbons (Fsp3) is 0.0933. The molecule has 0 spiro atoms. The molecule has 6 amide bonds. The number of amides is 6. The van der Waals surface area contributed by atoms with Gasteiger partial charge in [0, 0.05) is 34.0 Å². The number of hydrogen-bond donors (Lipinski definition) is 14. The summed E-state index contributed by atoms with van der Waals surface area (Å²) in [5.74, 6) is -2.76. The quantitative estimate of drug-likeness (QED) is 0.00969. The van der Waals surface area contributed by atoms with Crippen LogP contribution in [-0.4, -0.2) is 120 Å². The highest BCUT2D eigenvalue weighted by Crippen LogP contribution is 2.46. The first-order chi connectivity index (χ1) is 54.3. The van der Waals surface area contributed by atoms with Crippen molar-refractivity contribution >= 4 is 199 Å². The average molecular weight is 1760 g/mol. The number of aryl methyl sites for hydroxylation is 1. The zero-order valence-corrected chi connectivity index (χ0v) is 67.2. The van der Waals surface area contributed by atoms with Crippen LogP contribution in [0.4, 0.5) is 34.1 Å². The molecule has 0 aliphatic carbocycles. The third kappa shape index (κ3) is 24.2. The van der Waals surface area contributed by atoms with E-state index < -0.39 is 63.9 Å². The summed E-state index contributed by atoms with van der Waals surface area (Å²) in [4.78, 5) is 127. The van der Waals surface area contributed by atoms with Gasteiger partial charge in [-0.3, -0.25) is 94.6 Å². The third-order valence-corrected chi connectivity index (χ3v) is 17.5. The lowest BCUT2D eigenvalue weighted by Crippen LogP contribution is -2.53. The van der Waals surface area contributed by atoms with Gasteiger partial charge in [0.15, 0.2) is 29.7 Å². The molecule has 13 rings (SSSR count). The number of benzene rings is 4. The number of allylic oxidation sites excluding steroid dienone is 7. The van der Waals surface area contributed by atoms with Gasteiger partial charge in [0.05, 0.1) is 35.3 Å². The molecule has 582 valence electrons. The largest absolute Gasteiger partial charge is 0.494 e. The lowest BCUT2D eigenvalue weighted by molar-refractivity contribution is -0.129. The first-order valence-electron chi connectivity index (χ1n) is 33.0. The minimum atomic E-state index is -0.592. The number of aromatic hydroxyl groups is 3. The molecule has 0 atom stereocenters. The second kappa shape index (κ2) is 40.7. The van der Waals surface area contributed by atoms with Crippen LogP contribution < -0.4 is 48.2 Å². The van der Waals surface area contributed by atoms with Crippen LogP contribution in [0.25, 0.3) is 12.2 Å². The van der Waals surface area contributed by atoms with Gasteiger partial charge in [-0.25, -0.2) is 0 Å². The number of aromatic amines is 6. The van der Waals surface area contributed by atoms with Gasteiger partial charge in [-0.1, -0.05) is 86.2 Å². The molecule has 4 aromatic carbocycles. The van der Waals surface area contributed by atoms with Gasteiger partial charge in [0.1, 0.15) is 33.8 Å². The lowest BCUT2D eigenvalue weighted by atomic mass is 9.83. The molecule has 39 heteroatoms. The number of aromatic nitrogens is 6. The van der Waals surface area contributed by atoms with Crippen LogP contribution in [0.3, 0.4) is 0 Å². The van der Waals surface area contributed by atoms with Crippen molar-refractivity contribution in [1.82, 2.24) is 61.4 Å². The Bertz CT molecular complexity index is 5730. The van der Waals surface area contributed by atoms with E-state index in [0.29, 0.717) is 34.3 Å². The zero-order valence-electron chi connectivity index (χ0n) is 60.2. The molecular weight excluding hydrogens is 1700 g/mol. The van der Waals surface area contributed by atoms with E-state index in [1.165, 1.54) is 41.2 Å². The van der Waals surface area contributed by atoms with Crippen molar-refractivity contribution in [2.75, 3.05) is 18.5 Å². The Morgan fingerprint density at radius 1 is 0.518 bits per heavy atom. The van der Waals surface area contributed by atoms with Crippen LogP contribution in [0, 0.1) is 24.8 Å². The van der Waals surface area contributed by atoms with Crippen molar-refractivity contribution < 1.29 is 52.9 Å². The normalized spacial score (nSPS) is 15.1. The van der Waals surface area contributed by atoms with Crippen LogP contribution in [0.2, 0.25) is 0 Å². The molecular formula is C75H65IN18O14S6. The Labute approximate surface area is 691 Å². The smallest absolute Gasteiger partial charge is 0.283 e. The van der Waals surface area contributed by atoms with E-state index in [1.54, 1.807) is 98.0 Å². The highest BCUT2D eigenvalue weighted by molar-refractivity contribution is 14.1. The zero-order chi connectivity index (χ0) is 82.9. The van der Waals surface area contributed by atoms with E-state index in [0.717, 1.165) is 20.5 Å². The van der Waals surface area contributed by atoms with Crippen molar-refractivity contribution in [2.24, 2.45) is 25.4 Å². The van der Waals surface area contributed by atoms with Gasteiger partial charge >= 0.3 is 0 Å². The predicted octanol–water partition coefficient (Wildman–Crippen LogP) is 12.5. The monoisotopic (exact) mass is 1760 g/mol. The van der Waals surface area contributed by atoms with E-state index in [1.807, 2.05) is 74.6 Å². The van der Waals surface area contributed by atoms with E-state index in [2.05, 4.69) is 154 Å². The molecule has 5 aromatic heterocycles. The first kappa shape index (κ1) is 86.4. The number of nitrogens with one attached hydrogen (secondary N) is 11. The number of azo groups is 2. The van der Waals surface area contributed by atoms with Crippen molar-refractivity contribution in [1.29, 1.82) is 0 Å². The van der Waals surface area contributed by atoms with Gasteiger partial charge in [0.25, 0.3) is 52.1 Å². The number of furan rings is 2. The van der Waals surface area contributed by atoms with Gasteiger partial charge < -0.3 is 44.0 Å². The Hall–Kier alpha value is -13.2. The first-order valence-corrected chi connectivity index (χ1v) is 36.5. The summed E-state index contributed by atoms with van der Waals surface area (Å²) in [6.07, 6.45) is 17.2. The molecule has 4 aliphatic rings. The number of fused-ring (bicyclic) bond motifs is 1. The van der Waals surface area contributed by atoms with E-state index in [4.69, 9.17) is 69.9 Å². The maximum absolute atomic E-state index is 12.1. The van der Waals surface area contributed by atoms with Crippen LogP contribution in [0.15, 0.2) is 260 Å². The Morgan fingerprint density at radius 2 is 0.965 bits per heavy atom. The highest BCUT2D eigenvalue weighted by Gasteiger charge is 2.38. The number of anilines is 1. The maximum atomic E-state index is 12.1. The summed E-state index contributed by atoms with van der Waals surface area (Å²) >= 11 is 30.7. The minimum Gasteiger partial charge on any atom is -0.494 e. The van der Waals surface area contributed by atoms with Gasteiger partial charge in [-0.2, -0.15) is 10.2 Å². The maximum Gasteiger partial charge on any atom is 0.283 e.